The highest BCUT2D eigenvalue weighted by Crippen LogP contribution is 2.53. The van der Waals surface area contributed by atoms with E-state index in [1.165, 1.54) is 5.56 Å². The fraction of sp³-hybridized carbons (Fsp3) is 0.632. The largest absolute Gasteiger partial charge is 0.494 e. The van der Waals surface area contributed by atoms with Crippen LogP contribution in [0.4, 0.5) is 0 Å². The topological polar surface area (TPSA) is 50.8 Å². The van der Waals surface area contributed by atoms with Gasteiger partial charge in [-0.25, -0.2) is 0 Å². The number of likely N-dealkylation sites (N-methyl/N-ethyl adjacent to an activating group) is 2. The summed E-state index contributed by atoms with van der Waals surface area (Å²) < 4.78 is 11.8. The first-order valence-electron chi connectivity index (χ1n) is 8.91. The molecule has 1 aromatic carbocycles. The van der Waals surface area contributed by atoms with Gasteiger partial charge in [0, 0.05) is 49.5 Å². The summed E-state index contributed by atoms with van der Waals surface area (Å²) in [6.07, 6.45) is 2.04. The van der Waals surface area contributed by atoms with Crippen LogP contribution in [-0.2, 0) is 11.2 Å². The molecule has 5 heteroatoms. The Morgan fingerprint density at radius 1 is 1.46 bits per heavy atom. The number of ether oxygens (including phenoxy) is 2. The van der Waals surface area contributed by atoms with Gasteiger partial charge in [0.1, 0.15) is 17.6 Å². The van der Waals surface area contributed by atoms with Gasteiger partial charge in [0.25, 0.3) is 0 Å². The van der Waals surface area contributed by atoms with Crippen LogP contribution in [0.1, 0.15) is 37.3 Å². The van der Waals surface area contributed by atoms with E-state index in [2.05, 4.69) is 24.4 Å². The smallest absolute Gasteiger partial charge is 0.226 e. The Labute approximate surface area is 144 Å². The molecule has 132 valence electrons. The maximum Gasteiger partial charge on any atom is 0.226 e. The zero-order chi connectivity index (χ0) is 17.3. The summed E-state index contributed by atoms with van der Waals surface area (Å²) in [6, 6.07) is 4.22. The number of carbonyl (C=O) groups excluding carboxylic acids is 1. The number of hydrogen-bond acceptors (Lipinski definition) is 4. The number of rotatable bonds is 7. The average molecular weight is 332 g/mol. The second-order valence-corrected chi connectivity index (χ2v) is 6.88. The monoisotopic (exact) mass is 332 g/mol. The first-order chi connectivity index (χ1) is 11.5. The molecule has 5 nitrogen and oxygen atoms in total. The van der Waals surface area contributed by atoms with Crippen molar-refractivity contribution < 1.29 is 14.3 Å². The normalized spacial score (nSPS) is 24.2. The molecule has 3 unspecified atom stereocenters. The van der Waals surface area contributed by atoms with Crippen LogP contribution in [0.15, 0.2) is 12.1 Å². The lowest BCUT2D eigenvalue weighted by molar-refractivity contribution is -0.131. The van der Waals surface area contributed by atoms with Gasteiger partial charge in [-0.05, 0) is 39.4 Å². The van der Waals surface area contributed by atoms with Crippen LogP contribution >= 0.6 is 0 Å². The van der Waals surface area contributed by atoms with Crippen molar-refractivity contribution in [3.8, 4) is 11.5 Å². The van der Waals surface area contributed by atoms with E-state index in [1.54, 1.807) is 0 Å². The third kappa shape index (κ3) is 3.36. The standard InChI is InChI=1S/C19H28N2O3/c1-5-23-18-9-13-8-12(2)24-17(13)11-15(18)14-10-16(14)19(22)21(4)7-6-20-3/h9,11-12,14,16,20H,5-8,10H2,1-4H3. The fourth-order valence-corrected chi connectivity index (χ4v) is 3.51. The SMILES string of the molecule is CCOc1cc2c(cc1C1CC1C(=O)N(C)CCNC)OC(C)C2. The average Bonchev–Trinajstić information content (AvgIpc) is 3.26. The lowest BCUT2D eigenvalue weighted by Crippen LogP contribution is -2.34. The van der Waals surface area contributed by atoms with Gasteiger partial charge in [-0.15, -0.1) is 0 Å². The minimum atomic E-state index is 0.0722. The number of nitrogens with zero attached hydrogens (tertiary/aromatic N) is 1. The number of benzene rings is 1. The third-order valence-corrected chi connectivity index (χ3v) is 4.91. The number of fused-ring (bicyclic) bond motifs is 1. The zero-order valence-electron chi connectivity index (χ0n) is 15.1. The second kappa shape index (κ2) is 7.01. The number of hydrogen-bond donors (Lipinski definition) is 1. The summed E-state index contributed by atoms with van der Waals surface area (Å²) >= 11 is 0. The Bertz CT molecular complexity index is 617. The number of carbonyl (C=O) groups is 1. The lowest BCUT2D eigenvalue weighted by Gasteiger charge is -2.17. The van der Waals surface area contributed by atoms with E-state index in [-0.39, 0.29) is 23.8 Å². The van der Waals surface area contributed by atoms with Gasteiger partial charge in [0.2, 0.25) is 5.91 Å². The van der Waals surface area contributed by atoms with Crippen LogP contribution in [0, 0.1) is 5.92 Å². The molecule has 1 N–H and O–H groups in total. The molecule has 1 fully saturated rings. The van der Waals surface area contributed by atoms with Crippen molar-refractivity contribution in [2.45, 2.75) is 38.7 Å². The highest BCUT2D eigenvalue weighted by molar-refractivity contribution is 5.83. The molecule has 1 aliphatic carbocycles. The number of nitrogens with one attached hydrogen (secondary N) is 1. The minimum absolute atomic E-state index is 0.0722. The molecule has 0 radical (unpaired) electrons. The molecule has 0 spiro atoms. The molecular formula is C19H28N2O3. The summed E-state index contributed by atoms with van der Waals surface area (Å²) in [5.41, 5.74) is 2.34. The summed E-state index contributed by atoms with van der Waals surface area (Å²) in [4.78, 5) is 14.4. The van der Waals surface area contributed by atoms with Crippen molar-refractivity contribution in [1.82, 2.24) is 10.2 Å². The van der Waals surface area contributed by atoms with Crippen LogP contribution in [0.5, 0.6) is 11.5 Å². The molecule has 1 aromatic rings. The van der Waals surface area contributed by atoms with E-state index in [9.17, 15) is 4.79 Å². The van der Waals surface area contributed by atoms with Crippen molar-refractivity contribution in [3.05, 3.63) is 23.3 Å². The van der Waals surface area contributed by atoms with Crippen LogP contribution in [-0.4, -0.2) is 50.7 Å². The molecule has 24 heavy (non-hydrogen) atoms. The Kier molecular flexibility index (Phi) is 4.99. The Hall–Kier alpha value is -1.75. The van der Waals surface area contributed by atoms with E-state index >= 15 is 0 Å². The van der Waals surface area contributed by atoms with Gasteiger partial charge >= 0.3 is 0 Å². The van der Waals surface area contributed by atoms with E-state index < -0.39 is 0 Å². The molecule has 1 amide bonds. The van der Waals surface area contributed by atoms with Gasteiger partial charge < -0.3 is 19.7 Å². The van der Waals surface area contributed by atoms with Gasteiger partial charge in [-0.3, -0.25) is 4.79 Å². The molecule has 1 heterocycles. The molecule has 0 saturated heterocycles. The second-order valence-electron chi connectivity index (χ2n) is 6.88. The Morgan fingerprint density at radius 2 is 2.25 bits per heavy atom. The van der Waals surface area contributed by atoms with Crippen LogP contribution in [0.25, 0.3) is 0 Å². The highest BCUT2D eigenvalue weighted by Gasteiger charge is 2.47. The highest BCUT2D eigenvalue weighted by atomic mass is 16.5. The molecule has 0 bridgehead atoms. The predicted molar refractivity (Wildman–Crippen MR) is 93.8 cm³/mol. The molecule has 2 aliphatic rings. The van der Waals surface area contributed by atoms with Gasteiger partial charge in [0.05, 0.1) is 6.61 Å². The summed E-state index contributed by atoms with van der Waals surface area (Å²) in [5.74, 6) is 2.44. The van der Waals surface area contributed by atoms with Crippen LogP contribution in [0.2, 0.25) is 0 Å². The van der Waals surface area contributed by atoms with Gasteiger partial charge in [-0.1, -0.05) is 0 Å². The molecule has 3 rings (SSSR count). The third-order valence-electron chi connectivity index (χ3n) is 4.91. The lowest BCUT2D eigenvalue weighted by atomic mass is 10.0. The van der Waals surface area contributed by atoms with Gasteiger partial charge in [0.15, 0.2) is 0 Å². The Morgan fingerprint density at radius 3 is 2.96 bits per heavy atom. The van der Waals surface area contributed by atoms with Crippen molar-refractivity contribution in [2.24, 2.45) is 5.92 Å². The van der Waals surface area contributed by atoms with Gasteiger partial charge in [-0.2, -0.15) is 0 Å². The minimum Gasteiger partial charge on any atom is -0.494 e. The summed E-state index contributed by atoms with van der Waals surface area (Å²) in [7, 11) is 3.78. The maximum atomic E-state index is 12.6. The molecular weight excluding hydrogens is 304 g/mol. The Balaban J connectivity index is 1.76. The first-order valence-corrected chi connectivity index (χ1v) is 8.91. The van der Waals surface area contributed by atoms with Crippen LogP contribution < -0.4 is 14.8 Å². The molecule has 1 saturated carbocycles. The van der Waals surface area contributed by atoms with Crippen molar-refractivity contribution in [3.63, 3.8) is 0 Å². The first kappa shape index (κ1) is 17.1. The number of amides is 1. The summed E-state index contributed by atoms with van der Waals surface area (Å²) in [6.45, 7) is 6.27. The maximum absolute atomic E-state index is 12.6. The molecule has 0 aromatic heterocycles. The fourth-order valence-electron chi connectivity index (χ4n) is 3.51. The molecule has 1 aliphatic heterocycles. The molecule has 3 atom stereocenters. The van der Waals surface area contributed by atoms with Crippen molar-refractivity contribution >= 4 is 5.91 Å². The quantitative estimate of drug-likeness (QED) is 0.832. The van der Waals surface area contributed by atoms with Crippen LogP contribution in [0.3, 0.4) is 0 Å². The van der Waals surface area contributed by atoms with E-state index in [0.29, 0.717) is 6.61 Å². The predicted octanol–water partition coefficient (Wildman–Crippen LogP) is 2.19. The van der Waals surface area contributed by atoms with E-state index in [0.717, 1.165) is 43.0 Å². The van der Waals surface area contributed by atoms with E-state index in [1.807, 2.05) is 25.9 Å². The van der Waals surface area contributed by atoms with Crippen molar-refractivity contribution in [2.75, 3.05) is 33.8 Å². The zero-order valence-corrected chi connectivity index (χ0v) is 15.1. The summed E-state index contributed by atoms with van der Waals surface area (Å²) in [5, 5.41) is 3.08. The van der Waals surface area contributed by atoms with E-state index in [4.69, 9.17) is 9.47 Å². The van der Waals surface area contributed by atoms with Crippen molar-refractivity contribution in [1.29, 1.82) is 0 Å².